The molecule has 110 valence electrons. The maximum Gasteiger partial charge on any atom is 0.147 e. The van der Waals surface area contributed by atoms with Gasteiger partial charge in [-0.25, -0.2) is 4.98 Å². The number of rotatable bonds is 2. The van der Waals surface area contributed by atoms with Gasteiger partial charge < -0.3 is 4.90 Å². The van der Waals surface area contributed by atoms with Gasteiger partial charge in [-0.15, -0.1) is 0 Å². The van der Waals surface area contributed by atoms with E-state index in [2.05, 4.69) is 20.9 Å². The number of para-hydroxylation sites is 2. The molecule has 4 heteroatoms. The Hall–Kier alpha value is -2.49. The van der Waals surface area contributed by atoms with Gasteiger partial charge in [-0.05, 0) is 36.6 Å². The van der Waals surface area contributed by atoms with Crippen molar-refractivity contribution in [1.82, 2.24) is 15.0 Å². The van der Waals surface area contributed by atoms with Gasteiger partial charge in [0, 0.05) is 31.4 Å². The van der Waals surface area contributed by atoms with Crippen molar-refractivity contribution in [3.8, 4) is 0 Å². The van der Waals surface area contributed by atoms with Crippen LogP contribution < -0.4 is 4.90 Å². The average Bonchev–Trinajstić information content (AvgIpc) is 2.62. The van der Waals surface area contributed by atoms with Gasteiger partial charge in [-0.2, -0.15) is 0 Å². The Balaban J connectivity index is 1.61. The lowest BCUT2D eigenvalue weighted by Gasteiger charge is -2.33. The number of hydrogen-bond donors (Lipinski definition) is 0. The molecule has 1 atom stereocenters. The van der Waals surface area contributed by atoms with Gasteiger partial charge in [-0.1, -0.05) is 18.2 Å². The number of benzene rings is 1. The molecule has 0 unspecified atom stereocenters. The normalized spacial score (nSPS) is 18.5. The molecule has 0 radical (unpaired) electrons. The zero-order chi connectivity index (χ0) is 14.8. The molecule has 1 aliphatic heterocycles. The van der Waals surface area contributed by atoms with E-state index in [-0.39, 0.29) is 0 Å². The Labute approximate surface area is 129 Å². The molecular weight excluding hydrogens is 272 g/mol. The van der Waals surface area contributed by atoms with Crippen molar-refractivity contribution in [2.45, 2.75) is 18.8 Å². The Morgan fingerprint density at radius 2 is 1.91 bits per heavy atom. The molecule has 3 heterocycles. The number of piperidine rings is 1. The maximum atomic E-state index is 4.77. The van der Waals surface area contributed by atoms with E-state index in [1.807, 2.05) is 48.9 Å². The quantitative estimate of drug-likeness (QED) is 0.725. The molecule has 0 spiro atoms. The van der Waals surface area contributed by atoms with Gasteiger partial charge in [0.15, 0.2) is 0 Å². The first-order valence-electron chi connectivity index (χ1n) is 7.77. The highest BCUT2D eigenvalue weighted by atomic mass is 15.2. The van der Waals surface area contributed by atoms with Crippen molar-refractivity contribution < 1.29 is 0 Å². The highest BCUT2D eigenvalue weighted by molar-refractivity contribution is 5.75. The van der Waals surface area contributed by atoms with Crippen LogP contribution >= 0.6 is 0 Å². The summed E-state index contributed by atoms with van der Waals surface area (Å²) in [6, 6.07) is 12.2. The lowest BCUT2D eigenvalue weighted by molar-refractivity contribution is 0.506. The van der Waals surface area contributed by atoms with Gasteiger partial charge in [0.25, 0.3) is 0 Å². The summed E-state index contributed by atoms with van der Waals surface area (Å²) in [6.45, 7) is 2.03. The zero-order valence-electron chi connectivity index (χ0n) is 12.4. The molecule has 0 saturated carbocycles. The summed E-state index contributed by atoms with van der Waals surface area (Å²) in [7, 11) is 0. The molecule has 1 aromatic carbocycles. The maximum absolute atomic E-state index is 4.77. The fourth-order valence-electron chi connectivity index (χ4n) is 3.17. The molecule has 0 amide bonds. The SMILES string of the molecule is c1cncc([C@H]2CCCN(c3cnc4ccccc4n3)C2)c1. The van der Waals surface area contributed by atoms with E-state index in [1.165, 1.54) is 18.4 Å². The summed E-state index contributed by atoms with van der Waals surface area (Å²) in [4.78, 5) is 15.9. The van der Waals surface area contributed by atoms with E-state index in [0.717, 1.165) is 29.9 Å². The third kappa shape index (κ3) is 2.52. The van der Waals surface area contributed by atoms with Gasteiger partial charge >= 0.3 is 0 Å². The Kier molecular flexibility index (Phi) is 3.43. The standard InChI is InChI=1S/C18H18N4/c1-2-8-17-16(7-1)20-12-18(21-17)22-10-4-6-15(13-22)14-5-3-9-19-11-14/h1-3,5,7-9,11-12,15H,4,6,10,13H2/t15-/m0/s1. The van der Waals surface area contributed by atoms with Crippen molar-refractivity contribution in [2.75, 3.05) is 18.0 Å². The van der Waals surface area contributed by atoms with E-state index in [4.69, 9.17) is 4.98 Å². The monoisotopic (exact) mass is 290 g/mol. The Morgan fingerprint density at radius 1 is 1.00 bits per heavy atom. The predicted octanol–water partition coefficient (Wildman–Crippen LogP) is 3.41. The van der Waals surface area contributed by atoms with Crippen LogP contribution in [0.3, 0.4) is 0 Å². The molecule has 22 heavy (non-hydrogen) atoms. The number of aromatic nitrogens is 3. The first kappa shape index (κ1) is 13.2. The molecule has 1 fully saturated rings. The van der Waals surface area contributed by atoms with Crippen molar-refractivity contribution in [2.24, 2.45) is 0 Å². The molecule has 2 aromatic heterocycles. The zero-order valence-corrected chi connectivity index (χ0v) is 12.4. The van der Waals surface area contributed by atoms with E-state index in [9.17, 15) is 0 Å². The predicted molar refractivity (Wildman–Crippen MR) is 88.0 cm³/mol. The highest BCUT2D eigenvalue weighted by Crippen LogP contribution is 2.29. The Bertz CT molecular complexity index is 772. The minimum Gasteiger partial charge on any atom is -0.355 e. The molecule has 4 rings (SSSR count). The first-order valence-corrected chi connectivity index (χ1v) is 7.77. The number of nitrogens with zero attached hydrogens (tertiary/aromatic N) is 4. The molecule has 0 N–H and O–H groups in total. The summed E-state index contributed by atoms with van der Waals surface area (Å²) in [5, 5.41) is 0. The third-order valence-corrected chi connectivity index (χ3v) is 4.34. The molecule has 1 saturated heterocycles. The van der Waals surface area contributed by atoms with Crippen LogP contribution in [0, 0.1) is 0 Å². The summed E-state index contributed by atoms with van der Waals surface area (Å²) < 4.78 is 0. The van der Waals surface area contributed by atoms with E-state index in [1.54, 1.807) is 0 Å². The van der Waals surface area contributed by atoms with Gasteiger partial charge in [0.1, 0.15) is 5.82 Å². The van der Waals surface area contributed by atoms with Crippen LogP contribution in [0.15, 0.2) is 55.0 Å². The fourth-order valence-corrected chi connectivity index (χ4v) is 3.17. The number of fused-ring (bicyclic) bond motifs is 1. The van der Waals surface area contributed by atoms with Crippen LogP contribution in [0.2, 0.25) is 0 Å². The average molecular weight is 290 g/mol. The van der Waals surface area contributed by atoms with E-state index in [0.29, 0.717) is 5.92 Å². The minimum atomic E-state index is 0.524. The molecular formula is C18H18N4. The van der Waals surface area contributed by atoms with E-state index < -0.39 is 0 Å². The van der Waals surface area contributed by atoms with Crippen molar-refractivity contribution in [3.05, 3.63) is 60.6 Å². The fraction of sp³-hybridized carbons (Fsp3) is 0.278. The number of hydrogen-bond acceptors (Lipinski definition) is 4. The number of pyridine rings is 1. The Morgan fingerprint density at radius 3 is 2.77 bits per heavy atom. The summed E-state index contributed by atoms with van der Waals surface area (Å²) >= 11 is 0. The minimum absolute atomic E-state index is 0.524. The topological polar surface area (TPSA) is 41.9 Å². The second kappa shape index (κ2) is 5.72. The molecule has 4 nitrogen and oxygen atoms in total. The lowest BCUT2D eigenvalue weighted by atomic mass is 9.92. The first-order chi connectivity index (χ1) is 10.9. The lowest BCUT2D eigenvalue weighted by Crippen LogP contribution is -2.35. The van der Waals surface area contributed by atoms with Crippen LogP contribution in [-0.2, 0) is 0 Å². The molecule has 0 bridgehead atoms. The van der Waals surface area contributed by atoms with Crippen LogP contribution in [0.5, 0.6) is 0 Å². The largest absolute Gasteiger partial charge is 0.355 e. The van der Waals surface area contributed by atoms with E-state index >= 15 is 0 Å². The van der Waals surface area contributed by atoms with Crippen LogP contribution in [0.1, 0.15) is 24.3 Å². The second-order valence-electron chi connectivity index (χ2n) is 5.79. The van der Waals surface area contributed by atoms with Crippen molar-refractivity contribution in [1.29, 1.82) is 0 Å². The number of anilines is 1. The molecule has 3 aromatic rings. The van der Waals surface area contributed by atoms with Gasteiger partial charge in [0.05, 0.1) is 17.2 Å². The molecule has 1 aliphatic rings. The smallest absolute Gasteiger partial charge is 0.147 e. The summed E-state index contributed by atoms with van der Waals surface area (Å²) in [5.41, 5.74) is 3.23. The third-order valence-electron chi connectivity index (χ3n) is 4.34. The summed E-state index contributed by atoms with van der Waals surface area (Å²) in [6.07, 6.45) is 8.10. The van der Waals surface area contributed by atoms with Crippen LogP contribution in [0.4, 0.5) is 5.82 Å². The second-order valence-corrected chi connectivity index (χ2v) is 5.79. The molecule has 0 aliphatic carbocycles. The van der Waals surface area contributed by atoms with Crippen LogP contribution in [-0.4, -0.2) is 28.0 Å². The van der Waals surface area contributed by atoms with Crippen LogP contribution in [0.25, 0.3) is 11.0 Å². The highest BCUT2D eigenvalue weighted by Gasteiger charge is 2.22. The summed E-state index contributed by atoms with van der Waals surface area (Å²) in [5.74, 6) is 1.50. The van der Waals surface area contributed by atoms with Crippen molar-refractivity contribution >= 4 is 16.9 Å². The van der Waals surface area contributed by atoms with Gasteiger partial charge in [-0.3, -0.25) is 9.97 Å². The van der Waals surface area contributed by atoms with Crippen molar-refractivity contribution in [3.63, 3.8) is 0 Å². The van der Waals surface area contributed by atoms with Gasteiger partial charge in [0.2, 0.25) is 0 Å².